The van der Waals surface area contributed by atoms with E-state index < -0.39 is 0 Å². The molecule has 0 aliphatic rings. The standard InChI is InChI=1S/C14H22OS/c1-5-12(15)10-16-13-8-6-11(7-9-13)14(2,3)4/h6-9,12,15H,5,10H2,1-4H3. The summed E-state index contributed by atoms with van der Waals surface area (Å²) in [5.41, 5.74) is 1.57. The zero-order valence-electron chi connectivity index (χ0n) is 10.7. The average molecular weight is 238 g/mol. The average Bonchev–Trinajstić information content (AvgIpc) is 2.25. The van der Waals surface area contributed by atoms with E-state index in [1.807, 2.05) is 6.92 Å². The lowest BCUT2D eigenvalue weighted by Gasteiger charge is -2.19. The van der Waals surface area contributed by atoms with Crippen molar-refractivity contribution in [2.45, 2.75) is 50.5 Å². The van der Waals surface area contributed by atoms with Crippen LogP contribution in [-0.4, -0.2) is 17.0 Å². The Morgan fingerprint density at radius 1 is 1.19 bits per heavy atom. The van der Waals surface area contributed by atoms with E-state index in [1.54, 1.807) is 11.8 Å². The van der Waals surface area contributed by atoms with Crippen molar-refractivity contribution >= 4 is 11.8 Å². The molecule has 1 N–H and O–H groups in total. The molecule has 1 unspecified atom stereocenters. The predicted molar refractivity (Wildman–Crippen MR) is 72.2 cm³/mol. The van der Waals surface area contributed by atoms with Crippen LogP contribution < -0.4 is 0 Å². The molecule has 1 rings (SSSR count). The van der Waals surface area contributed by atoms with Crippen LogP contribution in [0, 0.1) is 0 Å². The van der Waals surface area contributed by atoms with Crippen LogP contribution in [0.2, 0.25) is 0 Å². The molecular weight excluding hydrogens is 216 g/mol. The normalized spacial score (nSPS) is 13.8. The minimum absolute atomic E-state index is 0.188. The van der Waals surface area contributed by atoms with Crippen molar-refractivity contribution < 1.29 is 5.11 Å². The maximum atomic E-state index is 9.48. The minimum Gasteiger partial charge on any atom is -0.392 e. The first kappa shape index (κ1) is 13.6. The van der Waals surface area contributed by atoms with Crippen molar-refractivity contribution in [1.29, 1.82) is 0 Å². The molecule has 0 bridgehead atoms. The lowest BCUT2D eigenvalue weighted by Crippen LogP contribution is -2.10. The van der Waals surface area contributed by atoms with Gasteiger partial charge in [0.25, 0.3) is 0 Å². The molecule has 0 heterocycles. The van der Waals surface area contributed by atoms with E-state index in [9.17, 15) is 5.11 Å². The van der Waals surface area contributed by atoms with Gasteiger partial charge in [-0.1, -0.05) is 39.8 Å². The molecule has 0 fully saturated rings. The molecule has 0 amide bonds. The SMILES string of the molecule is CCC(O)CSc1ccc(C(C)(C)C)cc1. The van der Waals surface area contributed by atoms with Gasteiger partial charge in [0.05, 0.1) is 6.10 Å². The molecule has 0 saturated heterocycles. The summed E-state index contributed by atoms with van der Waals surface area (Å²) < 4.78 is 0. The maximum Gasteiger partial charge on any atom is 0.0631 e. The second-order valence-electron chi connectivity index (χ2n) is 5.15. The summed E-state index contributed by atoms with van der Waals surface area (Å²) in [4.78, 5) is 1.24. The molecule has 0 saturated carbocycles. The summed E-state index contributed by atoms with van der Waals surface area (Å²) in [7, 11) is 0. The molecule has 0 aliphatic heterocycles. The fourth-order valence-corrected chi connectivity index (χ4v) is 2.31. The van der Waals surface area contributed by atoms with Crippen molar-refractivity contribution in [3.63, 3.8) is 0 Å². The van der Waals surface area contributed by atoms with E-state index in [2.05, 4.69) is 45.0 Å². The van der Waals surface area contributed by atoms with Crippen LogP contribution >= 0.6 is 11.8 Å². The molecule has 90 valence electrons. The zero-order valence-corrected chi connectivity index (χ0v) is 11.5. The number of rotatable bonds is 4. The van der Waals surface area contributed by atoms with E-state index in [0.29, 0.717) is 0 Å². The minimum atomic E-state index is -0.188. The largest absolute Gasteiger partial charge is 0.392 e. The van der Waals surface area contributed by atoms with Gasteiger partial charge in [-0.2, -0.15) is 0 Å². The Morgan fingerprint density at radius 3 is 2.19 bits per heavy atom. The Balaban J connectivity index is 2.58. The quantitative estimate of drug-likeness (QED) is 0.804. The van der Waals surface area contributed by atoms with Crippen molar-refractivity contribution in [2.24, 2.45) is 0 Å². The van der Waals surface area contributed by atoms with E-state index in [-0.39, 0.29) is 11.5 Å². The second kappa shape index (κ2) is 5.74. The summed E-state index contributed by atoms with van der Waals surface area (Å²) in [6.45, 7) is 8.66. The van der Waals surface area contributed by atoms with E-state index in [0.717, 1.165) is 12.2 Å². The van der Waals surface area contributed by atoms with Gasteiger partial charge in [0.1, 0.15) is 0 Å². The number of aliphatic hydroxyl groups excluding tert-OH is 1. The van der Waals surface area contributed by atoms with E-state index in [1.165, 1.54) is 10.5 Å². The van der Waals surface area contributed by atoms with Crippen LogP contribution in [0.5, 0.6) is 0 Å². The van der Waals surface area contributed by atoms with Gasteiger partial charge in [-0.3, -0.25) is 0 Å². The van der Waals surface area contributed by atoms with Crippen LogP contribution in [0.4, 0.5) is 0 Å². The number of hydrogen-bond donors (Lipinski definition) is 1. The summed E-state index contributed by atoms with van der Waals surface area (Å²) in [6, 6.07) is 8.66. The maximum absolute atomic E-state index is 9.48. The van der Waals surface area contributed by atoms with Crippen LogP contribution in [0.15, 0.2) is 29.2 Å². The predicted octanol–water partition coefficient (Wildman–Crippen LogP) is 3.85. The third-order valence-corrected chi connectivity index (χ3v) is 3.79. The number of aliphatic hydroxyl groups is 1. The third kappa shape index (κ3) is 4.18. The van der Waals surface area contributed by atoms with Crippen LogP contribution in [0.1, 0.15) is 39.7 Å². The van der Waals surface area contributed by atoms with Crippen molar-refractivity contribution in [3.8, 4) is 0 Å². The van der Waals surface area contributed by atoms with Crippen LogP contribution in [-0.2, 0) is 5.41 Å². The molecule has 1 aromatic carbocycles. The highest BCUT2D eigenvalue weighted by Crippen LogP contribution is 2.26. The first-order valence-corrected chi connectivity index (χ1v) is 6.83. The van der Waals surface area contributed by atoms with Crippen molar-refractivity contribution in [2.75, 3.05) is 5.75 Å². The molecule has 0 radical (unpaired) electrons. The van der Waals surface area contributed by atoms with Gasteiger partial charge in [0.15, 0.2) is 0 Å². The zero-order chi connectivity index (χ0) is 12.2. The molecule has 1 aromatic rings. The van der Waals surface area contributed by atoms with Crippen LogP contribution in [0.25, 0.3) is 0 Å². The van der Waals surface area contributed by atoms with Gasteiger partial charge in [-0.15, -0.1) is 11.8 Å². The van der Waals surface area contributed by atoms with Crippen molar-refractivity contribution in [3.05, 3.63) is 29.8 Å². The molecule has 0 aliphatic carbocycles. The third-order valence-electron chi connectivity index (χ3n) is 2.63. The van der Waals surface area contributed by atoms with Gasteiger partial charge >= 0.3 is 0 Å². The van der Waals surface area contributed by atoms with Gasteiger partial charge in [0, 0.05) is 10.6 Å². The van der Waals surface area contributed by atoms with Crippen LogP contribution in [0.3, 0.4) is 0 Å². The lowest BCUT2D eigenvalue weighted by atomic mass is 9.87. The molecular formula is C14H22OS. The number of benzene rings is 1. The topological polar surface area (TPSA) is 20.2 Å². The first-order valence-electron chi connectivity index (χ1n) is 5.85. The highest BCUT2D eigenvalue weighted by atomic mass is 32.2. The van der Waals surface area contributed by atoms with E-state index in [4.69, 9.17) is 0 Å². The Labute approximate surface area is 103 Å². The Morgan fingerprint density at radius 2 is 1.75 bits per heavy atom. The lowest BCUT2D eigenvalue weighted by molar-refractivity contribution is 0.195. The van der Waals surface area contributed by atoms with Gasteiger partial charge < -0.3 is 5.11 Å². The summed E-state index contributed by atoms with van der Waals surface area (Å²) >= 11 is 1.72. The van der Waals surface area contributed by atoms with Gasteiger partial charge in [-0.25, -0.2) is 0 Å². The Kier molecular flexibility index (Phi) is 4.88. The van der Waals surface area contributed by atoms with Gasteiger partial charge in [0.2, 0.25) is 0 Å². The molecule has 1 nitrogen and oxygen atoms in total. The number of thioether (sulfide) groups is 1. The number of hydrogen-bond acceptors (Lipinski definition) is 2. The first-order chi connectivity index (χ1) is 7.43. The summed E-state index contributed by atoms with van der Waals surface area (Å²) in [6.07, 6.45) is 0.639. The smallest absolute Gasteiger partial charge is 0.0631 e. The monoisotopic (exact) mass is 238 g/mol. The van der Waals surface area contributed by atoms with Gasteiger partial charge in [-0.05, 0) is 29.5 Å². The van der Waals surface area contributed by atoms with E-state index >= 15 is 0 Å². The molecule has 0 aromatic heterocycles. The fourth-order valence-electron chi connectivity index (χ4n) is 1.36. The van der Waals surface area contributed by atoms with Crippen molar-refractivity contribution in [1.82, 2.24) is 0 Å². The highest BCUT2D eigenvalue weighted by molar-refractivity contribution is 7.99. The molecule has 2 heteroatoms. The molecule has 0 spiro atoms. The molecule has 16 heavy (non-hydrogen) atoms. The Bertz CT molecular complexity index is 311. The second-order valence-corrected chi connectivity index (χ2v) is 6.24. The summed E-state index contributed by atoms with van der Waals surface area (Å²) in [5.74, 6) is 0.783. The fraction of sp³-hybridized carbons (Fsp3) is 0.571. The summed E-state index contributed by atoms with van der Waals surface area (Å²) in [5, 5.41) is 9.48. The highest BCUT2D eigenvalue weighted by Gasteiger charge is 2.12. The molecule has 1 atom stereocenters. The Hall–Kier alpha value is -0.470.